The van der Waals surface area contributed by atoms with Gasteiger partial charge in [-0.1, -0.05) is 19.1 Å². The maximum atomic E-state index is 13.3. The van der Waals surface area contributed by atoms with E-state index in [4.69, 9.17) is 4.74 Å². The average molecular weight is 351 g/mol. The van der Waals surface area contributed by atoms with Crippen LogP contribution in [0.5, 0.6) is 5.75 Å². The predicted molar refractivity (Wildman–Crippen MR) is 101 cm³/mol. The zero-order valence-electron chi connectivity index (χ0n) is 15.4. The topological polar surface area (TPSA) is 45.7 Å². The number of amides is 1. The quantitative estimate of drug-likeness (QED) is 0.850. The Kier molecular flexibility index (Phi) is 4.41. The van der Waals surface area contributed by atoms with Crippen LogP contribution in [0, 0.1) is 11.3 Å². The zero-order chi connectivity index (χ0) is 18.1. The third-order valence-electron chi connectivity index (χ3n) is 5.93. The first-order valence-corrected chi connectivity index (χ1v) is 9.20. The lowest BCUT2D eigenvalue weighted by Crippen LogP contribution is -2.39. The summed E-state index contributed by atoms with van der Waals surface area (Å²) in [5.74, 6) is 1.48. The molecule has 5 heteroatoms. The van der Waals surface area contributed by atoms with Gasteiger partial charge in [-0.2, -0.15) is 0 Å². The second kappa shape index (κ2) is 6.72. The van der Waals surface area contributed by atoms with Gasteiger partial charge in [0, 0.05) is 32.4 Å². The molecule has 4 rings (SSSR count). The van der Waals surface area contributed by atoms with Crippen LogP contribution in [0.25, 0.3) is 0 Å². The average Bonchev–Trinajstić information content (AvgIpc) is 3.16. The van der Waals surface area contributed by atoms with Gasteiger partial charge in [-0.3, -0.25) is 14.7 Å². The van der Waals surface area contributed by atoms with E-state index in [1.165, 1.54) is 5.56 Å². The molecule has 1 spiro atoms. The minimum absolute atomic E-state index is 0.256. The molecule has 2 aliphatic rings. The van der Waals surface area contributed by atoms with Gasteiger partial charge in [0.05, 0.1) is 24.4 Å². The number of pyridine rings is 1. The Labute approximate surface area is 154 Å². The number of benzene rings is 1. The standard InChI is InChI=1S/C21H25N3O2/c1-16-13-23(14-17-5-3-7-19(11-17)26-2)15-21(16)8-10-24(20(21)25)18-6-4-9-22-12-18/h3-7,9,11-12,16H,8,10,13-15H2,1-2H3/t16-,21-/m1/s1. The molecular weight excluding hydrogens is 326 g/mol. The summed E-state index contributed by atoms with van der Waals surface area (Å²) in [6.45, 7) is 5.62. The number of nitrogens with zero attached hydrogens (tertiary/aromatic N) is 3. The number of anilines is 1. The van der Waals surface area contributed by atoms with E-state index in [9.17, 15) is 4.79 Å². The highest BCUT2D eigenvalue weighted by molar-refractivity contribution is 6.00. The van der Waals surface area contributed by atoms with Crippen LogP contribution in [-0.4, -0.2) is 42.5 Å². The maximum Gasteiger partial charge on any atom is 0.234 e. The molecule has 2 aromatic rings. The van der Waals surface area contributed by atoms with E-state index in [1.54, 1.807) is 19.5 Å². The van der Waals surface area contributed by atoms with Gasteiger partial charge in [0.2, 0.25) is 5.91 Å². The molecule has 1 aromatic carbocycles. The molecule has 0 bridgehead atoms. The summed E-state index contributed by atoms with van der Waals surface area (Å²) in [4.78, 5) is 21.8. The minimum atomic E-state index is -0.269. The number of hydrogen-bond acceptors (Lipinski definition) is 4. The molecule has 2 aliphatic heterocycles. The van der Waals surface area contributed by atoms with Crippen molar-refractivity contribution in [1.29, 1.82) is 0 Å². The van der Waals surface area contributed by atoms with E-state index in [0.717, 1.165) is 44.0 Å². The zero-order valence-corrected chi connectivity index (χ0v) is 15.4. The van der Waals surface area contributed by atoms with Gasteiger partial charge in [0.15, 0.2) is 0 Å². The number of carbonyl (C=O) groups is 1. The summed E-state index contributed by atoms with van der Waals surface area (Å²) in [5, 5.41) is 0. The van der Waals surface area contributed by atoms with Crippen molar-refractivity contribution in [2.24, 2.45) is 11.3 Å². The number of methoxy groups -OCH3 is 1. The molecule has 0 radical (unpaired) electrons. The smallest absolute Gasteiger partial charge is 0.234 e. The number of rotatable bonds is 4. The van der Waals surface area contributed by atoms with Crippen molar-refractivity contribution in [1.82, 2.24) is 9.88 Å². The summed E-state index contributed by atoms with van der Waals surface area (Å²) in [7, 11) is 1.69. The Bertz CT molecular complexity index is 795. The maximum absolute atomic E-state index is 13.3. The van der Waals surface area contributed by atoms with Crippen LogP contribution in [0.1, 0.15) is 18.9 Å². The van der Waals surface area contributed by atoms with Crippen LogP contribution in [0.3, 0.4) is 0 Å². The van der Waals surface area contributed by atoms with E-state index in [0.29, 0.717) is 5.92 Å². The van der Waals surface area contributed by atoms with Crippen molar-refractivity contribution < 1.29 is 9.53 Å². The fourth-order valence-electron chi connectivity index (χ4n) is 4.48. The molecule has 0 saturated carbocycles. The number of ether oxygens (including phenoxy) is 1. The molecule has 0 unspecified atom stereocenters. The molecule has 1 aromatic heterocycles. The van der Waals surface area contributed by atoms with Crippen molar-refractivity contribution in [2.45, 2.75) is 19.9 Å². The number of likely N-dealkylation sites (tertiary alicyclic amines) is 1. The van der Waals surface area contributed by atoms with Gasteiger partial charge < -0.3 is 9.64 Å². The van der Waals surface area contributed by atoms with E-state index in [1.807, 2.05) is 29.2 Å². The summed E-state index contributed by atoms with van der Waals surface area (Å²) in [6.07, 6.45) is 4.44. The molecule has 5 nitrogen and oxygen atoms in total. The number of carbonyl (C=O) groups excluding carboxylic acids is 1. The van der Waals surface area contributed by atoms with Crippen molar-refractivity contribution in [3.05, 3.63) is 54.4 Å². The lowest BCUT2D eigenvalue weighted by Gasteiger charge is -2.26. The first-order valence-electron chi connectivity index (χ1n) is 9.20. The molecule has 2 fully saturated rings. The highest BCUT2D eigenvalue weighted by Gasteiger charge is 2.55. The van der Waals surface area contributed by atoms with Crippen molar-refractivity contribution >= 4 is 11.6 Å². The van der Waals surface area contributed by atoms with E-state index in [2.05, 4.69) is 28.9 Å². The van der Waals surface area contributed by atoms with E-state index < -0.39 is 0 Å². The fourth-order valence-corrected chi connectivity index (χ4v) is 4.48. The van der Waals surface area contributed by atoms with Gasteiger partial charge in [-0.25, -0.2) is 0 Å². The van der Waals surface area contributed by atoms with Crippen molar-refractivity contribution in [3.8, 4) is 5.75 Å². The third-order valence-corrected chi connectivity index (χ3v) is 5.93. The molecule has 0 aliphatic carbocycles. The summed E-state index contributed by atoms with van der Waals surface area (Å²) in [5.41, 5.74) is 1.87. The van der Waals surface area contributed by atoms with Crippen LogP contribution in [-0.2, 0) is 11.3 Å². The van der Waals surface area contributed by atoms with E-state index in [-0.39, 0.29) is 11.3 Å². The van der Waals surface area contributed by atoms with Crippen LogP contribution >= 0.6 is 0 Å². The predicted octanol–water partition coefficient (Wildman–Crippen LogP) is 2.97. The summed E-state index contributed by atoms with van der Waals surface area (Å²) >= 11 is 0. The summed E-state index contributed by atoms with van der Waals surface area (Å²) in [6, 6.07) is 12.0. The van der Waals surface area contributed by atoms with Crippen LogP contribution in [0.2, 0.25) is 0 Å². The number of hydrogen-bond donors (Lipinski definition) is 0. The molecule has 136 valence electrons. The minimum Gasteiger partial charge on any atom is -0.497 e. The van der Waals surface area contributed by atoms with E-state index >= 15 is 0 Å². The first-order chi connectivity index (χ1) is 12.6. The Morgan fingerprint density at radius 3 is 2.96 bits per heavy atom. The van der Waals surface area contributed by atoms with Crippen LogP contribution in [0.15, 0.2) is 48.8 Å². The van der Waals surface area contributed by atoms with Gasteiger partial charge in [-0.15, -0.1) is 0 Å². The van der Waals surface area contributed by atoms with Gasteiger partial charge >= 0.3 is 0 Å². The fraction of sp³-hybridized carbons (Fsp3) is 0.429. The molecular formula is C21H25N3O2. The normalized spacial score (nSPS) is 26.0. The SMILES string of the molecule is COc1cccc(CN2C[C@@H](C)[C@@]3(CCN(c4cccnc4)C3=O)C2)c1. The van der Waals surface area contributed by atoms with Gasteiger partial charge in [0.25, 0.3) is 0 Å². The van der Waals surface area contributed by atoms with Crippen molar-refractivity contribution in [2.75, 3.05) is 31.6 Å². The Morgan fingerprint density at radius 1 is 1.31 bits per heavy atom. The van der Waals surface area contributed by atoms with Gasteiger partial charge in [0.1, 0.15) is 5.75 Å². The highest BCUT2D eigenvalue weighted by Crippen LogP contribution is 2.46. The second-order valence-corrected chi connectivity index (χ2v) is 7.50. The van der Waals surface area contributed by atoms with Crippen LogP contribution < -0.4 is 9.64 Å². The highest BCUT2D eigenvalue weighted by atomic mass is 16.5. The molecule has 2 saturated heterocycles. The molecule has 3 heterocycles. The molecule has 2 atom stereocenters. The lowest BCUT2D eigenvalue weighted by molar-refractivity contribution is -0.126. The lowest BCUT2D eigenvalue weighted by atomic mass is 9.78. The largest absolute Gasteiger partial charge is 0.497 e. The van der Waals surface area contributed by atoms with Gasteiger partial charge in [-0.05, 0) is 42.2 Å². The summed E-state index contributed by atoms with van der Waals surface area (Å²) < 4.78 is 5.33. The van der Waals surface area contributed by atoms with Crippen LogP contribution in [0.4, 0.5) is 5.69 Å². The Balaban J connectivity index is 1.50. The molecule has 26 heavy (non-hydrogen) atoms. The molecule has 1 amide bonds. The number of aromatic nitrogens is 1. The monoisotopic (exact) mass is 351 g/mol. The second-order valence-electron chi connectivity index (χ2n) is 7.50. The molecule has 0 N–H and O–H groups in total. The third kappa shape index (κ3) is 2.86. The Morgan fingerprint density at radius 2 is 2.19 bits per heavy atom. The first kappa shape index (κ1) is 17.0. The van der Waals surface area contributed by atoms with Crippen molar-refractivity contribution in [3.63, 3.8) is 0 Å². The Hall–Kier alpha value is -2.40.